The van der Waals surface area contributed by atoms with Crippen LogP contribution < -0.4 is 0 Å². The second kappa shape index (κ2) is 40.0. The van der Waals surface area contributed by atoms with Gasteiger partial charge in [0.05, 0.1) is 6.61 Å². The summed E-state index contributed by atoms with van der Waals surface area (Å²) in [5, 5.41) is 9.54. The second-order valence-corrected chi connectivity index (χ2v) is 12.3. The van der Waals surface area contributed by atoms with E-state index in [1.165, 1.54) is 25.7 Å². The van der Waals surface area contributed by atoms with E-state index in [9.17, 15) is 14.7 Å². The van der Waals surface area contributed by atoms with Crippen LogP contribution in [-0.4, -0.2) is 36.4 Å². The topological polar surface area (TPSA) is 72.8 Å². The molecule has 0 fully saturated rings. The molecule has 50 heavy (non-hydrogen) atoms. The Balaban J connectivity index is 3.78. The van der Waals surface area contributed by atoms with E-state index in [0.29, 0.717) is 12.8 Å². The molecule has 5 heteroatoms. The van der Waals surface area contributed by atoms with Gasteiger partial charge in [0.15, 0.2) is 6.10 Å². The molecule has 0 spiro atoms. The number of aliphatic hydroxyl groups excluding tert-OH is 1. The Kier molecular flexibility index (Phi) is 37.2. The van der Waals surface area contributed by atoms with Crippen molar-refractivity contribution < 1.29 is 24.2 Å². The highest BCUT2D eigenvalue weighted by Gasteiger charge is 2.15. The smallest absolute Gasteiger partial charge is 0.306 e. The normalized spacial score (nSPS) is 13.4. The number of hydrogen-bond donors (Lipinski definition) is 1. The molecule has 0 aromatic heterocycles. The van der Waals surface area contributed by atoms with Gasteiger partial charge in [-0.1, -0.05) is 149 Å². The molecule has 0 amide bonds. The molecule has 1 atom stereocenters. The molecule has 0 saturated carbocycles. The Morgan fingerprint density at radius 2 is 0.900 bits per heavy atom. The molecule has 0 unspecified atom stereocenters. The second-order valence-electron chi connectivity index (χ2n) is 12.3. The summed E-state index contributed by atoms with van der Waals surface area (Å²) in [6.45, 7) is 3.89. The summed E-state index contributed by atoms with van der Waals surface area (Å²) in [6, 6.07) is 0. The largest absolute Gasteiger partial charge is 0.462 e. The van der Waals surface area contributed by atoms with Gasteiger partial charge in [-0.05, 0) is 89.9 Å². The Bertz CT molecular complexity index is 1050. The molecule has 5 nitrogen and oxygen atoms in total. The predicted octanol–water partition coefficient (Wildman–Crippen LogP) is 12.3. The first-order chi connectivity index (χ1) is 24.6. The lowest BCUT2D eigenvalue weighted by atomic mass is 10.1. The van der Waals surface area contributed by atoms with E-state index in [0.717, 1.165) is 83.5 Å². The number of aliphatic hydroxyl groups is 1. The van der Waals surface area contributed by atoms with Crippen LogP contribution in [0.2, 0.25) is 0 Å². The van der Waals surface area contributed by atoms with Gasteiger partial charge >= 0.3 is 11.9 Å². The number of hydrogen-bond acceptors (Lipinski definition) is 5. The Labute approximate surface area is 306 Å². The molecule has 0 rings (SSSR count). The number of unbranched alkanes of at least 4 members (excludes halogenated alkanes) is 7. The lowest BCUT2D eigenvalue weighted by Crippen LogP contribution is -2.28. The quantitative estimate of drug-likeness (QED) is 0.0421. The average molecular weight is 691 g/mol. The molecule has 0 aromatic rings. The van der Waals surface area contributed by atoms with Crippen LogP contribution in [0.5, 0.6) is 0 Å². The van der Waals surface area contributed by atoms with Crippen LogP contribution in [0.25, 0.3) is 0 Å². The molecule has 0 saturated heterocycles. The Hall–Kier alpha value is -3.44. The maximum absolute atomic E-state index is 12.1. The van der Waals surface area contributed by atoms with E-state index in [1.807, 2.05) is 12.2 Å². The van der Waals surface area contributed by atoms with Crippen LogP contribution >= 0.6 is 0 Å². The minimum absolute atomic E-state index is 0.116. The van der Waals surface area contributed by atoms with Crippen LogP contribution in [0.4, 0.5) is 0 Å². The summed E-state index contributed by atoms with van der Waals surface area (Å²) >= 11 is 0. The third kappa shape index (κ3) is 37.4. The van der Waals surface area contributed by atoms with E-state index in [4.69, 9.17) is 9.47 Å². The minimum Gasteiger partial charge on any atom is -0.462 e. The highest BCUT2D eigenvalue weighted by atomic mass is 16.6. The summed E-state index contributed by atoms with van der Waals surface area (Å²) in [4.78, 5) is 24.2. The van der Waals surface area contributed by atoms with E-state index in [2.05, 4.69) is 111 Å². The molecule has 0 bridgehead atoms. The summed E-state index contributed by atoms with van der Waals surface area (Å²) in [6.07, 6.45) is 57.2. The van der Waals surface area contributed by atoms with Gasteiger partial charge in [-0.25, -0.2) is 0 Å². The van der Waals surface area contributed by atoms with Gasteiger partial charge in [0, 0.05) is 12.8 Å². The van der Waals surface area contributed by atoms with Crippen molar-refractivity contribution in [3.8, 4) is 0 Å². The highest BCUT2D eigenvalue weighted by Crippen LogP contribution is 2.08. The fourth-order valence-electron chi connectivity index (χ4n) is 4.64. The van der Waals surface area contributed by atoms with Crippen molar-refractivity contribution in [2.45, 2.75) is 148 Å². The fraction of sp³-hybridized carbons (Fsp3) is 0.556. The molecule has 280 valence electrons. The first-order valence-corrected chi connectivity index (χ1v) is 19.4. The van der Waals surface area contributed by atoms with Crippen LogP contribution in [0.15, 0.2) is 109 Å². The zero-order chi connectivity index (χ0) is 36.4. The molecule has 0 radical (unpaired) electrons. The molecule has 0 aliphatic carbocycles. The molecule has 0 aliphatic rings. The van der Waals surface area contributed by atoms with Crippen molar-refractivity contribution in [2.75, 3.05) is 13.2 Å². The monoisotopic (exact) mass is 691 g/mol. The van der Waals surface area contributed by atoms with Crippen LogP contribution in [0.3, 0.4) is 0 Å². The van der Waals surface area contributed by atoms with Gasteiger partial charge in [-0.3, -0.25) is 9.59 Å². The zero-order valence-corrected chi connectivity index (χ0v) is 31.6. The van der Waals surface area contributed by atoms with Crippen molar-refractivity contribution in [3.05, 3.63) is 109 Å². The molecule has 0 aromatic carbocycles. The summed E-state index contributed by atoms with van der Waals surface area (Å²) in [7, 11) is 0. The van der Waals surface area contributed by atoms with Crippen molar-refractivity contribution in [1.29, 1.82) is 0 Å². The lowest BCUT2D eigenvalue weighted by Gasteiger charge is -2.15. The number of rotatable bonds is 33. The lowest BCUT2D eigenvalue weighted by molar-refractivity contribution is -0.161. The molecular formula is C45H70O5. The SMILES string of the molecule is CCC=CCC=CCC=CCC=CCC=CCC=CCCC(=O)O[C@@H](CO)COC(=O)CCCCCCC=CCC=CCC=CCCCCC. The van der Waals surface area contributed by atoms with Crippen molar-refractivity contribution >= 4 is 11.9 Å². The third-order valence-electron chi connectivity index (χ3n) is 7.56. The van der Waals surface area contributed by atoms with Gasteiger partial charge < -0.3 is 14.6 Å². The maximum atomic E-state index is 12.1. The molecule has 0 aliphatic heterocycles. The predicted molar refractivity (Wildman–Crippen MR) is 214 cm³/mol. The van der Waals surface area contributed by atoms with Crippen molar-refractivity contribution in [1.82, 2.24) is 0 Å². The number of ether oxygens (including phenoxy) is 2. The number of carbonyl (C=O) groups is 2. The van der Waals surface area contributed by atoms with E-state index in [1.54, 1.807) is 0 Å². The highest BCUT2D eigenvalue weighted by molar-refractivity contribution is 5.70. The van der Waals surface area contributed by atoms with Crippen molar-refractivity contribution in [2.24, 2.45) is 0 Å². The van der Waals surface area contributed by atoms with E-state index >= 15 is 0 Å². The average Bonchev–Trinajstić information content (AvgIpc) is 3.12. The van der Waals surface area contributed by atoms with Gasteiger partial charge in [0.2, 0.25) is 0 Å². The fourth-order valence-corrected chi connectivity index (χ4v) is 4.64. The molecular weight excluding hydrogens is 620 g/mol. The standard InChI is InChI=1S/C45H70O5/c1-3-5-7-9-11-13-15-17-19-21-22-24-26-28-30-32-34-36-38-40-45(48)50-43(41-46)42-49-44(47)39-37-35-33-31-29-27-25-23-20-18-16-14-12-10-8-6-4-2/h5,7,11-14,17-20,22,24-25,27-28,30,34,36,43,46H,3-4,6,8-10,15-16,21,23,26,29,31-33,35,37-42H2,1-2H3/t43-/m0/s1. The minimum atomic E-state index is -0.828. The molecule has 1 N–H and O–H groups in total. The summed E-state index contributed by atoms with van der Waals surface area (Å²) in [5.41, 5.74) is 0. The van der Waals surface area contributed by atoms with E-state index in [-0.39, 0.29) is 25.6 Å². The Morgan fingerprint density at radius 1 is 0.480 bits per heavy atom. The van der Waals surface area contributed by atoms with Crippen LogP contribution in [0.1, 0.15) is 142 Å². The van der Waals surface area contributed by atoms with Gasteiger partial charge in [-0.2, -0.15) is 0 Å². The van der Waals surface area contributed by atoms with Gasteiger partial charge in [0.1, 0.15) is 6.61 Å². The third-order valence-corrected chi connectivity index (χ3v) is 7.56. The zero-order valence-electron chi connectivity index (χ0n) is 31.6. The summed E-state index contributed by atoms with van der Waals surface area (Å²) in [5.74, 6) is -0.727. The first kappa shape index (κ1) is 46.6. The first-order valence-electron chi connectivity index (χ1n) is 19.4. The number of esters is 2. The molecule has 0 heterocycles. The van der Waals surface area contributed by atoms with Crippen LogP contribution in [-0.2, 0) is 19.1 Å². The maximum Gasteiger partial charge on any atom is 0.306 e. The number of carbonyl (C=O) groups excluding carboxylic acids is 2. The summed E-state index contributed by atoms with van der Waals surface area (Å²) < 4.78 is 10.5. The van der Waals surface area contributed by atoms with Crippen LogP contribution in [0, 0.1) is 0 Å². The van der Waals surface area contributed by atoms with E-state index < -0.39 is 12.1 Å². The van der Waals surface area contributed by atoms with Gasteiger partial charge in [-0.15, -0.1) is 0 Å². The van der Waals surface area contributed by atoms with Gasteiger partial charge in [0.25, 0.3) is 0 Å². The Morgan fingerprint density at radius 3 is 1.36 bits per heavy atom. The van der Waals surface area contributed by atoms with Crippen molar-refractivity contribution in [3.63, 3.8) is 0 Å². The number of allylic oxidation sites excluding steroid dienone is 18.